The fourth-order valence-electron chi connectivity index (χ4n) is 3.69. The highest BCUT2D eigenvalue weighted by Crippen LogP contribution is 2.24. The van der Waals surface area contributed by atoms with Gasteiger partial charge in [0.15, 0.2) is 0 Å². The summed E-state index contributed by atoms with van der Waals surface area (Å²) in [6, 6.07) is 9.73. The van der Waals surface area contributed by atoms with Crippen molar-refractivity contribution in [3.63, 3.8) is 0 Å². The molecule has 2 atom stereocenters. The minimum Gasteiger partial charge on any atom is -0.316 e. The zero-order valence-corrected chi connectivity index (χ0v) is 12.1. The van der Waals surface area contributed by atoms with Crippen LogP contribution in [0.2, 0.25) is 0 Å². The molecule has 1 fully saturated rings. The van der Waals surface area contributed by atoms with Crippen LogP contribution >= 0.6 is 0 Å². The van der Waals surface area contributed by atoms with Crippen LogP contribution < -0.4 is 5.32 Å². The van der Waals surface area contributed by atoms with E-state index in [1.165, 1.54) is 51.7 Å². The van der Waals surface area contributed by atoms with Gasteiger partial charge in [0.05, 0.1) is 0 Å². The zero-order valence-electron chi connectivity index (χ0n) is 12.1. The predicted octanol–water partition coefficient (Wildman–Crippen LogP) is 2.48. The zero-order chi connectivity index (χ0) is 13.1. The van der Waals surface area contributed by atoms with Gasteiger partial charge in [-0.3, -0.25) is 0 Å². The molecule has 104 valence electrons. The van der Waals surface area contributed by atoms with Crippen molar-refractivity contribution < 1.29 is 0 Å². The maximum Gasteiger partial charge on any atom is 0.0136 e. The Hall–Kier alpha value is -0.860. The molecule has 2 nitrogen and oxygen atoms in total. The van der Waals surface area contributed by atoms with Gasteiger partial charge in [0.2, 0.25) is 0 Å². The summed E-state index contributed by atoms with van der Waals surface area (Å²) in [7, 11) is 2.33. The molecule has 0 radical (unpaired) electrons. The molecule has 0 saturated carbocycles. The molecule has 0 bridgehead atoms. The number of hydrogen-bond donors (Lipinski definition) is 1. The summed E-state index contributed by atoms with van der Waals surface area (Å²) in [6.07, 6.45) is 6.58. The van der Waals surface area contributed by atoms with Gasteiger partial charge in [0.1, 0.15) is 0 Å². The summed E-state index contributed by atoms with van der Waals surface area (Å²) in [6.45, 7) is 3.70. The van der Waals surface area contributed by atoms with E-state index < -0.39 is 0 Å². The summed E-state index contributed by atoms with van der Waals surface area (Å²) in [5.74, 6) is 0.857. The van der Waals surface area contributed by atoms with Crippen molar-refractivity contribution >= 4 is 0 Å². The maximum absolute atomic E-state index is 3.53. The number of aryl methyl sites for hydroxylation is 1. The van der Waals surface area contributed by atoms with Crippen molar-refractivity contribution in [2.75, 3.05) is 26.7 Å². The summed E-state index contributed by atoms with van der Waals surface area (Å²) < 4.78 is 0. The third-order valence-corrected chi connectivity index (χ3v) is 4.89. The Morgan fingerprint density at radius 1 is 1.21 bits per heavy atom. The van der Waals surface area contributed by atoms with Gasteiger partial charge < -0.3 is 10.2 Å². The first-order valence-corrected chi connectivity index (χ1v) is 7.80. The number of piperidine rings is 1. The van der Waals surface area contributed by atoms with Crippen molar-refractivity contribution in [2.24, 2.45) is 5.92 Å². The first kappa shape index (κ1) is 13.1. The Bertz CT molecular complexity index is 409. The Labute approximate surface area is 117 Å². The number of fused-ring (bicyclic) bond motifs is 1. The molecule has 1 saturated heterocycles. The van der Waals surface area contributed by atoms with E-state index in [4.69, 9.17) is 0 Å². The smallest absolute Gasteiger partial charge is 0.0136 e. The normalized spacial score (nSPS) is 27.3. The van der Waals surface area contributed by atoms with Gasteiger partial charge >= 0.3 is 0 Å². The second-order valence-corrected chi connectivity index (χ2v) is 6.32. The SMILES string of the molecule is CN(CC1CCCNC1)C1CCc2ccccc2C1. The second-order valence-electron chi connectivity index (χ2n) is 6.32. The summed E-state index contributed by atoms with van der Waals surface area (Å²) >= 11 is 0. The van der Waals surface area contributed by atoms with Crippen LogP contribution in [0.25, 0.3) is 0 Å². The first-order valence-electron chi connectivity index (χ1n) is 7.80. The van der Waals surface area contributed by atoms with E-state index in [9.17, 15) is 0 Å². The van der Waals surface area contributed by atoms with E-state index in [1.54, 1.807) is 11.1 Å². The van der Waals surface area contributed by atoms with Crippen molar-refractivity contribution in [1.29, 1.82) is 0 Å². The van der Waals surface area contributed by atoms with Crippen molar-refractivity contribution in [1.82, 2.24) is 10.2 Å². The number of likely N-dealkylation sites (N-methyl/N-ethyl adjacent to an activating group) is 1. The minimum atomic E-state index is 0.747. The Balaban J connectivity index is 1.58. The molecule has 1 aliphatic heterocycles. The van der Waals surface area contributed by atoms with Crippen molar-refractivity contribution in [2.45, 2.75) is 38.1 Å². The summed E-state index contributed by atoms with van der Waals surface area (Å²) in [5, 5.41) is 3.53. The maximum atomic E-state index is 3.53. The molecule has 1 aromatic carbocycles. The van der Waals surface area contributed by atoms with Crippen LogP contribution in [0.15, 0.2) is 24.3 Å². The first-order chi connectivity index (χ1) is 9.33. The standard InChI is InChI=1S/C17H26N2/c1-19(13-14-5-4-10-18-12-14)17-9-8-15-6-2-3-7-16(15)11-17/h2-3,6-7,14,17-18H,4-5,8-13H2,1H3. The molecular weight excluding hydrogens is 232 g/mol. The van der Waals surface area contributed by atoms with Crippen LogP contribution in [0.5, 0.6) is 0 Å². The van der Waals surface area contributed by atoms with Gasteiger partial charge in [-0.15, -0.1) is 0 Å². The lowest BCUT2D eigenvalue weighted by atomic mass is 9.87. The molecule has 19 heavy (non-hydrogen) atoms. The van der Waals surface area contributed by atoms with Gasteiger partial charge in [0, 0.05) is 12.6 Å². The molecule has 1 aliphatic carbocycles. The van der Waals surface area contributed by atoms with E-state index in [0.29, 0.717) is 0 Å². The fraction of sp³-hybridized carbons (Fsp3) is 0.647. The predicted molar refractivity (Wildman–Crippen MR) is 80.5 cm³/mol. The molecule has 2 heteroatoms. The van der Waals surface area contributed by atoms with Gasteiger partial charge in [-0.2, -0.15) is 0 Å². The molecule has 1 aromatic rings. The lowest BCUT2D eigenvalue weighted by Gasteiger charge is -2.35. The Morgan fingerprint density at radius 3 is 2.84 bits per heavy atom. The van der Waals surface area contributed by atoms with Crippen LogP contribution in [-0.4, -0.2) is 37.6 Å². The third-order valence-electron chi connectivity index (χ3n) is 4.89. The van der Waals surface area contributed by atoms with Crippen LogP contribution in [0.4, 0.5) is 0 Å². The molecule has 3 rings (SSSR count). The average Bonchev–Trinajstić information content (AvgIpc) is 2.48. The average molecular weight is 258 g/mol. The molecule has 0 amide bonds. The number of nitrogens with zero attached hydrogens (tertiary/aromatic N) is 1. The van der Waals surface area contributed by atoms with E-state index >= 15 is 0 Å². The lowest BCUT2D eigenvalue weighted by molar-refractivity contribution is 0.175. The number of nitrogens with one attached hydrogen (secondary N) is 1. The quantitative estimate of drug-likeness (QED) is 0.896. The minimum absolute atomic E-state index is 0.747. The van der Waals surface area contributed by atoms with E-state index in [1.807, 2.05) is 0 Å². The largest absolute Gasteiger partial charge is 0.316 e. The summed E-state index contributed by atoms with van der Waals surface area (Å²) in [4.78, 5) is 2.62. The molecule has 2 aliphatic rings. The molecular formula is C17H26N2. The van der Waals surface area contributed by atoms with Crippen LogP contribution in [0.3, 0.4) is 0 Å². The van der Waals surface area contributed by atoms with Gasteiger partial charge in [-0.05, 0) is 69.3 Å². The van der Waals surface area contributed by atoms with Crippen molar-refractivity contribution in [3.05, 3.63) is 35.4 Å². The highest BCUT2D eigenvalue weighted by molar-refractivity contribution is 5.30. The number of rotatable bonds is 3. The van der Waals surface area contributed by atoms with Gasteiger partial charge in [-0.25, -0.2) is 0 Å². The molecule has 2 unspecified atom stereocenters. The molecule has 0 spiro atoms. The summed E-state index contributed by atoms with van der Waals surface area (Å²) in [5.41, 5.74) is 3.15. The van der Waals surface area contributed by atoms with E-state index in [0.717, 1.165) is 12.0 Å². The van der Waals surface area contributed by atoms with Crippen LogP contribution in [0, 0.1) is 5.92 Å². The van der Waals surface area contributed by atoms with Gasteiger partial charge in [-0.1, -0.05) is 24.3 Å². The Kier molecular flexibility index (Phi) is 4.19. The van der Waals surface area contributed by atoms with E-state index in [-0.39, 0.29) is 0 Å². The highest BCUT2D eigenvalue weighted by atomic mass is 15.1. The molecule has 1 heterocycles. The van der Waals surface area contributed by atoms with Crippen LogP contribution in [0.1, 0.15) is 30.4 Å². The molecule has 0 aromatic heterocycles. The Morgan fingerprint density at radius 2 is 2.05 bits per heavy atom. The fourth-order valence-corrected chi connectivity index (χ4v) is 3.69. The third kappa shape index (κ3) is 3.18. The second kappa shape index (κ2) is 6.06. The monoisotopic (exact) mass is 258 g/mol. The van der Waals surface area contributed by atoms with Crippen LogP contribution in [-0.2, 0) is 12.8 Å². The topological polar surface area (TPSA) is 15.3 Å². The van der Waals surface area contributed by atoms with E-state index in [2.05, 4.69) is 41.5 Å². The van der Waals surface area contributed by atoms with Gasteiger partial charge in [0.25, 0.3) is 0 Å². The number of hydrogen-bond acceptors (Lipinski definition) is 2. The highest BCUT2D eigenvalue weighted by Gasteiger charge is 2.24. The molecule has 1 N–H and O–H groups in total. The number of benzene rings is 1. The van der Waals surface area contributed by atoms with Crippen molar-refractivity contribution in [3.8, 4) is 0 Å². The lowest BCUT2D eigenvalue weighted by Crippen LogP contribution is -2.43.